The van der Waals surface area contributed by atoms with Crippen LogP contribution in [0.25, 0.3) is 0 Å². The monoisotopic (exact) mass is 325 g/mol. The summed E-state index contributed by atoms with van der Waals surface area (Å²) >= 11 is 0. The second-order valence-corrected chi connectivity index (χ2v) is 6.04. The summed E-state index contributed by atoms with van der Waals surface area (Å²) in [7, 11) is 0. The van der Waals surface area contributed by atoms with Gasteiger partial charge in [0.1, 0.15) is 0 Å². The zero-order valence-electron chi connectivity index (χ0n) is 12.4. The maximum atomic E-state index is 11.9. The molecule has 0 aromatic heterocycles. The van der Waals surface area contributed by atoms with Crippen LogP contribution in [0, 0.1) is 5.92 Å². The first-order chi connectivity index (χ1) is 8.65. The number of carbonyl (C=O) groups is 1. The third-order valence-electron chi connectivity index (χ3n) is 4.10. The number of rotatable bonds is 4. The highest BCUT2D eigenvalue weighted by Crippen LogP contribution is 2.20. The average Bonchev–Trinajstić information content (AvgIpc) is 2.78. The second-order valence-electron chi connectivity index (χ2n) is 6.04. The molecule has 0 aromatic rings. The summed E-state index contributed by atoms with van der Waals surface area (Å²) in [6, 6.07) is -0.0151. The highest BCUT2D eigenvalue weighted by Gasteiger charge is 2.28. The van der Waals surface area contributed by atoms with Gasteiger partial charge in [0.2, 0.25) is 5.91 Å². The molecule has 0 saturated carbocycles. The summed E-state index contributed by atoms with van der Waals surface area (Å²) in [5.74, 6) is 0.922. The molecule has 20 heavy (non-hydrogen) atoms. The minimum Gasteiger partial charge on any atom is -0.342 e. The van der Waals surface area contributed by atoms with Crippen molar-refractivity contribution < 1.29 is 4.79 Å². The maximum absolute atomic E-state index is 11.9. The molecule has 2 unspecified atom stereocenters. The van der Waals surface area contributed by atoms with E-state index in [1.807, 2.05) is 11.8 Å². The van der Waals surface area contributed by atoms with Gasteiger partial charge in [0.15, 0.2) is 0 Å². The van der Waals surface area contributed by atoms with E-state index in [9.17, 15) is 4.79 Å². The number of hydrogen-bond acceptors (Lipinski definition) is 3. The smallest absolute Gasteiger partial charge is 0.224 e. The maximum Gasteiger partial charge on any atom is 0.224 e. The summed E-state index contributed by atoms with van der Waals surface area (Å²) in [4.78, 5) is 16.5. The van der Waals surface area contributed by atoms with Gasteiger partial charge in [0.25, 0.3) is 0 Å². The predicted octanol–water partition coefficient (Wildman–Crippen LogP) is 1.90. The molecule has 0 radical (unpaired) electrons. The Labute approximate surface area is 135 Å². The van der Waals surface area contributed by atoms with Gasteiger partial charge in [-0.25, -0.2) is 0 Å². The predicted molar refractivity (Wildman–Crippen MR) is 87.7 cm³/mol. The van der Waals surface area contributed by atoms with Crippen LogP contribution in [0.5, 0.6) is 0 Å². The first-order valence-electron chi connectivity index (χ1n) is 7.41. The molecule has 2 aliphatic rings. The highest BCUT2D eigenvalue weighted by molar-refractivity contribution is 5.85. The van der Waals surface area contributed by atoms with Crippen molar-refractivity contribution in [3.63, 3.8) is 0 Å². The summed E-state index contributed by atoms with van der Waals surface area (Å²) in [6.07, 6.45) is 5.75. The number of nitrogens with two attached hydrogens (primary N) is 1. The molecule has 0 aromatic carbocycles. The van der Waals surface area contributed by atoms with Gasteiger partial charge in [0.05, 0.1) is 0 Å². The highest BCUT2D eigenvalue weighted by atomic mass is 35.5. The summed E-state index contributed by atoms with van der Waals surface area (Å²) < 4.78 is 0. The van der Waals surface area contributed by atoms with Crippen LogP contribution in [0.2, 0.25) is 0 Å². The molecular weight excluding hydrogens is 297 g/mol. The molecule has 2 fully saturated rings. The third-order valence-corrected chi connectivity index (χ3v) is 4.10. The minimum atomic E-state index is -0.0151. The standard InChI is InChI=1S/C14H27N3O.2ClH/c1-12(15)9-14(18)17-8-5-13(11-17)10-16-6-3-2-4-7-16;;/h12-13H,2-11,15H2,1H3;2*1H. The van der Waals surface area contributed by atoms with Gasteiger partial charge in [-0.2, -0.15) is 0 Å². The fourth-order valence-corrected chi connectivity index (χ4v) is 3.12. The Hall–Kier alpha value is -0.0300. The van der Waals surface area contributed by atoms with Gasteiger partial charge in [0, 0.05) is 32.1 Å². The molecule has 0 aliphatic carbocycles. The molecule has 4 nitrogen and oxygen atoms in total. The van der Waals surface area contributed by atoms with E-state index in [1.165, 1.54) is 45.3 Å². The first-order valence-corrected chi connectivity index (χ1v) is 7.41. The van der Waals surface area contributed by atoms with Crippen molar-refractivity contribution in [3.05, 3.63) is 0 Å². The van der Waals surface area contributed by atoms with E-state index in [0.717, 1.165) is 13.1 Å². The number of nitrogens with zero attached hydrogens (tertiary/aromatic N) is 2. The van der Waals surface area contributed by atoms with Crippen molar-refractivity contribution in [2.45, 2.75) is 45.1 Å². The zero-order valence-corrected chi connectivity index (χ0v) is 14.1. The van der Waals surface area contributed by atoms with Crippen molar-refractivity contribution >= 4 is 30.7 Å². The van der Waals surface area contributed by atoms with Crippen molar-refractivity contribution in [1.82, 2.24) is 9.80 Å². The molecule has 2 atom stereocenters. The Morgan fingerprint density at radius 3 is 2.45 bits per heavy atom. The Morgan fingerprint density at radius 1 is 1.20 bits per heavy atom. The van der Waals surface area contributed by atoms with Crippen LogP contribution in [0.1, 0.15) is 39.0 Å². The van der Waals surface area contributed by atoms with Gasteiger partial charge in [-0.15, -0.1) is 24.8 Å². The van der Waals surface area contributed by atoms with Crippen LogP contribution >= 0.6 is 24.8 Å². The number of halogens is 2. The molecule has 2 N–H and O–H groups in total. The number of carbonyl (C=O) groups excluding carboxylic acids is 1. The third kappa shape index (κ3) is 6.17. The Balaban J connectivity index is 0.00000180. The van der Waals surface area contributed by atoms with Crippen LogP contribution < -0.4 is 5.73 Å². The van der Waals surface area contributed by atoms with Crippen molar-refractivity contribution in [1.29, 1.82) is 0 Å². The molecular formula is C14H29Cl2N3O. The molecule has 2 saturated heterocycles. The molecule has 2 aliphatic heterocycles. The first kappa shape index (κ1) is 20.0. The minimum absolute atomic E-state index is 0. The van der Waals surface area contributed by atoms with Gasteiger partial charge in [-0.3, -0.25) is 4.79 Å². The molecule has 0 spiro atoms. The number of likely N-dealkylation sites (tertiary alicyclic amines) is 2. The molecule has 120 valence electrons. The van der Waals surface area contributed by atoms with Crippen LogP contribution in [0.4, 0.5) is 0 Å². The Kier molecular flexibility index (Phi) is 9.81. The van der Waals surface area contributed by atoms with Crippen LogP contribution in [-0.4, -0.2) is 54.5 Å². The van der Waals surface area contributed by atoms with Crippen LogP contribution in [0.3, 0.4) is 0 Å². The lowest BCUT2D eigenvalue weighted by Crippen LogP contribution is -2.37. The topological polar surface area (TPSA) is 49.6 Å². The lowest BCUT2D eigenvalue weighted by atomic mass is 10.1. The molecule has 0 bridgehead atoms. The summed E-state index contributed by atoms with van der Waals surface area (Å²) in [5.41, 5.74) is 5.69. The number of hydrogen-bond donors (Lipinski definition) is 1. The van der Waals surface area contributed by atoms with Gasteiger partial charge in [-0.05, 0) is 45.2 Å². The molecule has 6 heteroatoms. The normalized spacial score (nSPS) is 24.7. The van der Waals surface area contributed by atoms with E-state index in [0.29, 0.717) is 12.3 Å². The van der Waals surface area contributed by atoms with E-state index in [2.05, 4.69) is 4.90 Å². The van der Waals surface area contributed by atoms with Gasteiger partial charge >= 0.3 is 0 Å². The Morgan fingerprint density at radius 2 is 1.85 bits per heavy atom. The Bertz CT molecular complexity index is 284. The quantitative estimate of drug-likeness (QED) is 0.858. The lowest BCUT2D eigenvalue weighted by molar-refractivity contribution is -0.130. The fraction of sp³-hybridized carbons (Fsp3) is 0.929. The summed E-state index contributed by atoms with van der Waals surface area (Å²) in [6.45, 7) is 7.47. The zero-order chi connectivity index (χ0) is 13.0. The fourth-order valence-electron chi connectivity index (χ4n) is 3.12. The second kappa shape index (κ2) is 9.82. The van der Waals surface area contributed by atoms with E-state index in [1.54, 1.807) is 0 Å². The van der Waals surface area contributed by atoms with E-state index in [4.69, 9.17) is 5.73 Å². The van der Waals surface area contributed by atoms with E-state index < -0.39 is 0 Å². The number of piperidine rings is 1. The molecule has 2 rings (SSSR count). The van der Waals surface area contributed by atoms with Crippen molar-refractivity contribution in [3.8, 4) is 0 Å². The molecule has 2 heterocycles. The van der Waals surface area contributed by atoms with Gasteiger partial charge < -0.3 is 15.5 Å². The largest absolute Gasteiger partial charge is 0.342 e. The van der Waals surface area contributed by atoms with E-state index in [-0.39, 0.29) is 36.8 Å². The SMILES string of the molecule is CC(N)CC(=O)N1CCC(CN2CCCCC2)C1.Cl.Cl. The molecule has 1 amide bonds. The lowest BCUT2D eigenvalue weighted by Gasteiger charge is -2.29. The van der Waals surface area contributed by atoms with Crippen molar-refractivity contribution in [2.75, 3.05) is 32.7 Å². The van der Waals surface area contributed by atoms with Crippen LogP contribution in [0.15, 0.2) is 0 Å². The number of amides is 1. The van der Waals surface area contributed by atoms with Gasteiger partial charge in [-0.1, -0.05) is 6.42 Å². The average molecular weight is 326 g/mol. The summed E-state index contributed by atoms with van der Waals surface area (Å²) in [5, 5.41) is 0. The van der Waals surface area contributed by atoms with Crippen LogP contribution in [-0.2, 0) is 4.79 Å². The van der Waals surface area contributed by atoms with E-state index >= 15 is 0 Å². The van der Waals surface area contributed by atoms with Crippen molar-refractivity contribution in [2.24, 2.45) is 11.7 Å².